The van der Waals surface area contributed by atoms with Crippen molar-refractivity contribution < 1.29 is 14.3 Å². The van der Waals surface area contributed by atoms with Gasteiger partial charge in [0.2, 0.25) is 0 Å². The maximum atomic E-state index is 11.9. The molecule has 1 unspecified atom stereocenters. The van der Waals surface area contributed by atoms with Crippen LogP contribution in [-0.2, 0) is 9.53 Å². The maximum Gasteiger partial charge on any atom is 0.347 e. The first kappa shape index (κ1) is 16.5. The van der Waals surface area contributed by atoms with E-state index in [9.17, 15) is 4.79 Å². The first-order valence-electron chi connectivity index (χ1n) is 7.10. The molecular weight excluding hydrogens is 252 g/mol. The third-order valence-corrected chi connectivity index (χ3v) is 2.91. The van der Waals surface area contributed by atoms with Crippen molar-refractivity contribution in [2.45, 2.75) is 66.1 Å². The molecule has 112 valence electrons. The van der Waals surface area contributed by atoms with Crippen molar-refractivity contribution in [3.8, 4) is 5.75 Å². The van der Waals surface area contributed by atoms with Crippen LogP contribution in [0.3, 0.4) is 0 Å². The second kappa shape index (κ2) is 6.29. The molecule has 0 spiro atoms. The zero-order chi connectivity index (χ0) is 15.5. The van der Waals surface area contributed by atoms with Gasteiger partial charge in [0.05, 0.1) is 0 Å². The van der Waals surface area contributed by atoms with E-state index in [2.05, 4.69) is 26.8 Å². The summed E-state index contributed by atoms with van der Waals surface area (Å²) in [6.45, 7) is 13.6. The smallest absolute Gasteiger partial charge is 0.347 e. The number of aryl methyl sites for hydroxylation is 1. The number of benzene rings is 1. The number of hydrogen-bond acceptors (Lipinski definition) is 3. The lowest BCUT2D eigenvalue weighted by atomic mass is 9.98. The Bertz CT molecular complexity index is 470. The summed E-state index contributed by atoms with van der Waals surface area (Å²) in [5.41, 5.74) is 1.97. The summed E-state index contributed by atoms with van der Waals surface area (Å²) in [6, 6.07) is 5.93. The van der Waals surface area contributed by atoms with Crippen molar-refractivity contribution >= 4 is 5.97 Å². The minimum absolute atomic E-state index is 0.344. The molecule has 0 aliphatic carbocycles. The molecule has 0 aliphatic rings. The van der Waals surface area contributed by atoms with Crippen LogP contribution in [0.15, 0.2) is 18.2 Å². The average Bonchev–Trinajstić information content (AvgIpc) is 2.26. The summed E-state index contributed by atoms with van der Waals surface area (Å²) in [5.74, 6) is 0.834. The molecule has 0 heterocycles. The molecule has 1 aromatic rings. The van der Waals surface area contributed by atoms with Crippen molar-refractivity contribution in [3.05, 3.63) is 29.3 Å². The molecule has 0 N–H and O–H groups in total. The summed E-state index contributed by atoms with van der Waals surface area (Å²) in [5, 5.41) is 0. The Morgan fingerprint density at radius 3 is 2.20 bits per heavy atom. The van der Waals surface area contributed by atoms with Gasteiger partial charge in [-0.05, 0) is 63.8 Å². The Kier molecular flexibility index (Phi) is 5.21. The number of carbonyl (C=O) groups excluding carboxylic acids is 1. The van der Waals surface area contributed by atoms with Crippen LogP contribution in [0.25, 0.3) is 0 Å². The molecule has 20 heavy (non-hydrogen) atoms. The Hall–Kier alpha value is -1.51. The third kappa shape index (κ3) is 4.87. The van der Waals surface area contributed by atoms with Crippen LogP contribution in [0, 0.1) is 6.92 Å². The molecule has 1 atom stereocenters. The van der Waals surface area contributed by atoms with E-state index in [0.29, 0.717) is 11.7 Å². The van der Waals surface area contributed by atoms with E-state index in [0.717, 1.165) is 0 Å². The van der Waals surface area contributed by atoms with Crippen molar-refractivity contribution in [1.82, 2.24) is 0 Å². The van der Waals surface area contributed by atoms with E-state index in [4.69, 9.17) is 9.47 Å². The maximum absolute atomic E-state index is 11.9. The highest BCUT2D eigenvalue weighted by molar-refractivity contribution is 5.75. The largest absolute Gasteiger partial charge is 0.479 e. The van der Waals surface area contributed by atoms with E-state index in [-0.39, 0.29) is 5.97 Å². The zero-order valence-corrected chi connectivity index (χ0v) is 13.6. The zero-order valence-electron chi connectivity index (χ0n) is 13.6. The third-order valence-electron chi connectivity index (χ3n) is 2.91. The second-order valence-corrected chi connectivity index (χ2v) is 6.47. The fraction of sp³-hybridized carbons (Fsp3) is 0.588. The lowest BCUT2D eigenvalue weighted by Gasteiger charge is -2.23. The van der Waals surface area contributed by atoms with Gasteiger partial charge in [0.15, 0.2) is 6.10 Å². The quantitative estimate of drug-likeness (QED) is 0.773. The molecule has 0 fully saturated rings. The van der Waals surface area contributed by atoms with E-state index in [1.54, 1.807) is 6.92 Å². The van der Waals surface area contributed by atoms with Crippen LogP contribution in [0.2, 0.25) is 0 Å². The van der Waals surface area contributed by atoms with E-state index >= 15 is 0 Å². The van der Waals surface area contributed by atoms with Gasteiger partial charge in [0, 0.05) is 0 Å². The summed E-state index contributed by atoms with van der Waals surface area (Å²) >= 11 is 0. The van der Waals surface area contributed by atoms with Gasteiger partial charge in [-0.2, -0.15) is 0 Å². The van der Waals surface area contributed by atoms with Crippen LogP contribution in [0.5, 0.6) is 5.75 Å². The van der Waals surface area contributed by atoms with Gasteiger partial charge in [-0.1, -0.05) is 19.9 Å². The molecule has 0 aliphatic heterocycles. The molecule has 3 heteroatoms. The normalized spacial score (nSPS) is 13.2. The monoisotopic (exact) mass is 278 g/mol. The van der Waals surface area contributed by atoms with E-state index < -0.39 is 11.7 Å². The molecule has 0 radical (unpaired) electrons. The standard InChI is InChI=1S/C17H26O3/c1-11(2)15-9-8-14(10-12(15)3)19-13(4)16(18)20-17(5,6)7/h8-11,13H,1-7H3. The van der Waals surface area contributed by atoms with Crippen LogP contribution < -0.4 is 4.74 Å². The predicted molar refractivity (Wildman–Crippen MR) is 81.2 cm³/mol. The molecule has 3 nitrogen and oxygen atoms in total. The first-order chi connectivity index (χ1) is 9.10. The average molecular weight is 278 g/mol. The molecule has 0 saturated heterocycles. The number of carbonyl (C=O) groups is 1. The Balaban J connectivity index is 2.74. The van der Waals surface area contributed by atoms with Gasteiger partial charge in [-0.25, -0.2) is 4.79 Å². The van der Waals surface area contributed by atoms with Gasteiger partial charge in [0.25, 0.3) is 0 Å². The van der Waals surface area contributed by atoms with Crippen LogP contribution in [0.4, 0.5) is 0 Å². The summed E-state index contributed by atoms with van der Waals surface area (Å²) in [6.07, 6.45) is -0.612. The highest BCUT2D eigenvalue weighted by atomic mass is 16.6. The molecule has 1 rings (SSSR count). The minimum atomic E-state index is -0.612. The molecule has 0 amide bonds. The second-order valence-electron chi connectivity index (χ2n) is 6.47. The van der Waals surface area contributed by atoms with Gasteiger partial charge in [-0.15, -0.1) is 0 Å². The van der Waals surface area contributed by atoms with Gasteiger partial charge >= 0.3 is 5.97 Å². The molecular formula is C17H26O3. The summed E-state index contributed by atoms with van der Waals surface area (Å²) < 4.78 is 11.0. The van der Waals surface area contributed by atoms with E-state index in [1.165, 1.54) is 11.1 Å². The molecule has 0 aromatic heterocycles. The minimum Gasteiger partial charge on any atom is -0.479 e. The number of esters is 1. The Morgan fingerprint density at radius 2 is 1.75 bits per heavy atom. The Labute approximate surface area is 122 Å². The Morgan fingerprint density at radius 1 is 1.15 bits per heavy atom. The summed E-state index contributed by atoms with van der Waals surface area (Å²) in [7, 11) is 0. The van der Waals surface area contributed by atoms with Gasteiger partial charge < -0.3 is 9.47 Å². The molecule has 1 aromatic carbocycles. The lowest BCUT2D eigenvalue weighted by molar-refractivity contribution is -0.162. The van der Waals surface area contributed by atoms with E-state index in [1.807, 2.05) is 32.9 Å². The predicted octanol–water partition coefficient (Wildman–Crippen LogP) is 4.23. The van der Waals surface area contributed by atoms with Crippen molar-refractivity contribution in [2.75, 3.05) is 0 Å². The SMILES string of the molecule is Cc1cc(OC(C)C(=O)OC(C)(C)C)ccc1C(C)C. The summed E-state index contributed by atoms with van der Waals surface area (Å²) in [4.78, 5) is 11.9. The van der Waals surface area contributed by atoms with Crippen molar-refractivity contribution in [1.29, 1.82) is 0 Å². The van der Waals surface area contributed by atoms with Crippen molar-refractivity contribution in [3.63, 3.8) is 0 Å². The van der Waals surface area contributed by atoms with Crippen LogP contribution in [0.1, 0.15) is 58.6 Å². The highest BCUT2D eigenvalue weighted by Crippen LogP contribution is 2.24. The number of rotatable bonds is 4. The highest BCUT2D eigenvalue weighted by Gasteiger charge is 2.23. The van der Waals surface area contributed by atoms with Gasteiger partial charge in [0.1, 0.15) is 11.4 Å². The number of ether oxygens (including phenoxy) is 2. The molecule has 0 bridgehead atoms. The van der Waals surface area contributed by atoms with Gasteiger partial charge in [-0.3, -0.25) is 0 Å². The lowest BCUT2D eigenvalue weighted by Crippen LogP contribution is -2.33. The fourth-order valence-electron chi connectivity index (χ4n) is 2.01. The topological polar surface area (TPSA) is 35.5 Å². The van der Waals surface area contributed by atoms with Crippen molar-refractivity contribution in [2.24, 2.45) is 0 Å². The number of hydrogen-bond donors (Lipinski definition) is 0. The fourth-order valence-corrected chi connectivity index (χ4v) is 2.01. The van der Waals surface area contributed by atoms with Crippen LogP contribution in [-0.4, -0.2) is 17.7 Å². The molecule has 0 saturated carbocycles. The first-order valence-corrected chi connectivity index (χ1v) is 7.10. The van der Waals surface area contributed by atoms with Crippen LogP contribution >= 0.6 is 0 Å².